The number of carbonyl (C=O) groups excluding carboxylic acids is 4. The van der Waals surface area contributed by atoms with Crippen LogP contribution in [0.4, 0.5) is 4.79 Å². The topological polar surface area (TPSA) is 86.8 Å². The number of benzene rings is 1. The van der Waals surface area contributed by atoms with Gasteiger partial charge in [-0.3, -0.25) is 19.3 Å². The number of amides is 5. The summed E-state index contributed by atoms with van der Waals surface area (Å²) in [6.07, 6.45) is 0. The summed E-state index contributed by atoms with van der Waals surface area (Å²) >= 11 is 0. The van der Waals surface area contributed by atoms with Gasteiger partial charge in [-0.15, -0.1) is 0 Å². The Kier molecular flexibility index (Phi) is 4.02. The van der Waals surface area contributed by atoms with Crippen molar-refractivity contribution in [1.82, 2.24) is 15.1 Å². The van der Waals surface area contributed by atoms with Crippen molar-refractivity contribution in [1.29, 1.82) is 0 Å². The Balaban J connectivity index is 1.98. The molecule has 1 atom stereocenters. The molecular weight excluding hydrogens is 274 g/mol. The van der Waals surface area contributed by atoms with Crippen LogP contribution in [-0.2, 0) is 14.4 Å². The lowest BCUT2D eigenvalue weighted by molar-refractivity contribution is -0.143. The van der Waals surface area contributed by atoms with Crippen LogP contribution in [0.5, 0.6) is 0 Å². The van der Waals surface area contributed by atoms with Gasteiger partial charge in [-0.2, -0.15) is 0 Å². The molecule has 7 heteroatoms. The fraction of sp³-hybridized carbons (Fsp3) is 0.286. The molecule has 0 radical (unpaired) electrons. The molecule has 0 bridgehead atoms. The monoisotopic (exact) mass is 289 g/mol. The van der Waals surface area contributed by atoms with E-state index in [1.54, 1.807) is 6.92 Å². The van der Waals surface area contributed by atoms with Gasteiger partial charge in [0.25, 0.3) is 0 Å². The number of hydrogen-bond acceptors (Lipinski definition) is 4. The molecule has 0 aromatic heterocycles. The molecule has 1 aromatic rings. The highest BCUT2D eigenvalue weighted by Crippen LogP contribution is 2.12. The predicted molar refractivity (Wildman–Crippen MR) is 72.9 cm³/mol. The van der Waals surface area contributed by atoms with Gasteiger partial charge in [0, 0.05) is 7.05 Å². The van der Waals surface area contributed by atoms with Crippen LogP contribution in [0.3, 0.4) is 0 Å². The third kappa shape index (κ3) is 2.91. The number of likely N-dealkylation sites (N-methyl/N-ethyl adjacent to an activating group) is 1. The largest absolute Gasteiger partial charge is 0.348 e. The Morgan fingerprint density at radius 3 is 2.29 bits per heavy atom. The van der Waals surface area contributed by atoms with Crippen molar-refractivity contribution in [3.8, 4) is 0 Å². The molecule has 110 valence electrons. The van der Waals surface area contributed by atoms with Crippen LogP contribution in [0.1, 0.15) is 18.5 Å². The highest BCUT2D eigenvalue weighted by Gasteiger charge is 2.43. The number of hydrogen-bond donors (Lipinski definition) is 1. The summed E-state index contributed by atoms with van der Waals surface area (Å²) in [7, 11) is 1.20. The first-order valence-electron chi connectivity index (χ1n) is 6.39. The highest BCUT2D eigenvalue weighted by atomic mass is 16.2. The van der Waals surface area contributed by atoms with Gasteiger partial charge in [-0.1, -0.05) is 30.3 Å². The first kappa shape index (κ1) is 14.7. The van der Waals surface area contributed by atoms with Crippen LogP contribution in [0.25, 0.3) is 0 Å². The Morgan fingerprint density at radius 1 is 1.14 bits per heavy atom. The number of nitrogens with one attached hydrogen (secondary N) is 1. The molecule has 0 spiro atoms. The zero-order valence-electron chi connectivity index (χ0n) is 11.7. The van der Waals surface area contributed by atoms with Gasteiger partial charge >= 0.3 is 17.8 Å². The molecule has 5 amide bonds. The number of imide groups is 2. The second-order valence-electron chi connectivity index (χ2n) is 4.74. The van der Waals surface area contributed by atoms with E-state index in [9.17, 15) is 19.2 Å². The van der Waals surface area contributed by atoms with Crippen LogP contribution in [0.15, 0.2) is 30.3 Å². The molecule has 1 heterocycles. The van der Waals surface area contributed by atoms with E-state index in [1.165, 1.54) is 7.05 Å². The molecule has 1 aliphatic heterocycles. The zero-order valence-corrected chi connectivity index (χ0v) is 11.7. The lowest BCUT2D eigenvalue weighted by atomic mass is 10.1. The van der Waals surface area contributed by atoms with Gasteiger partial charge in [-0.25, -0.2) is 9.69 Å². The van der Waals surface area contributed by atoms with Crippen molar-refractivity contribution in [2.75, 3.05) is 13.6 Å². The summed E-state index contributed by atoms with van der Waals surface area (Å²) in [4.78, 5) is 47.8. The Hall–Kier alpha value is -2.70. The SMILES string of the molecule is C[C@@H](NC(=O)CN1C(=O)C(=O)N(C)C1=O)c1ccccc1. The third-order valence-corrected chi connectivity index (χ3v) is 3.23. The molecule has 7 nitrogen and oxygen atoms in total. The molecule has 1 N–H and O–H groups in total. The molecule has 1 aliphatic rings. The van der Waals surface area contributed by atoms with Gasteiger partial charge in [0.2, 0.25) is 5.91 Å². The Morgan fingerprint density at radius 2 is 1.76 bits per heavy atom. The first-order chi connectivity index (χ1) is 9.91. The third-order valence-electron chi connectivity index (χ3n) is 3.23. The minimum absolute atomic E-state index is 0.264. The van der Waals surface area contributed by atoms with Gasteiger partial charge < -0.3 is 5.32 Å². The zero-order chi connectivity index (χ0) is 15.6. The Labute approximate surface area is 121 Å². The van der Waals surface area contributed by atoms with Gasteiger partial charge in [0.1, 0.15) is 6.54 Å². The molecule has 21 heavy (non-hydrogen) atoms. The van der Waals surface area contributed by atoms with E-state index < -0.39 is 30.3 Å². The van der Waals surface area contributed by atoms with E-state index in [2.05, 4.69) is 5.32 Å². The van der Waals surface area contributed by atoms with Crippen molar-refractivity contribution in [3.05, 3.63) is 35.9 Å². The maximum absolute atomic E-state index is 11.9. The van der Waals surface area contributed by atoms with E-state index >= 15 is 0 Å². The Bertz CT molecular complexity index is 599. The maximum atomic E-state index is 11.9. The van der Waals surface area contributed by atoms with Crippen LogP contribution in [0, 0.1) is 0 Å². The van der Waals surface area contributed by atoms with Crippen LogP contribution in [0.2, 0.25) is 0 Å². The van der Waals surface area contributed by atoms with Crippen LogP contribution < -0.4 is 5.32 Å². The lowest BCUT2D eigenvalue weighted by Gasteiger charge is -2.17. The second kappa shape index (κ2) is 5.74. The maximum Gasteiger partial charge on any atom is 0.334 e. The van der Waals surface area contributed by atoms with E-state index in [0.29, 0.717) is 9.80 Å². The van der Waals surface area contributed by atoms with Gasteiger partial charge in [0.15, 0.2) is 0 Å². The number of nitrogens with zero attached hydrogens (tertiary/aromatic N) is 2. The van der Waals surface area contributed by atoms with Gasteiger partial charge in [0.05, 0.1) is 6.04 Å². The molecule has 0 aliphatic carbocycles. The summed E-state index contributed by atoms with van der Waals surface area (Å²) in [6.45, 7) is 1.32. The average molecular weight is 289 g/mol. The number of urea groups is 1. The quantitative estimate of drug-likeness (QED) is 0.637. The lowest BCUT2D eigenvalue weighted by Crippen LogP contribution is -2.41. The molecule has 1 saturated heterocycles. The van der Waals surface area contributed by atoms with E-state index in [0.717, 1.165) is 5.56 Å². The summed E-state index contributed by atoms with van der Waals surface area (Å²) in [5.74, 6) is -2.41. The molecule has 0 saturated carbocycles. The number of carbonyl (C=O) groups is 4. The highest BCUT2D eigenvalue weighted by molar-refractivity contribution is 6.44. The minimum atomic E-state index is -0.981. The summed E-state index contributed by atoms with van der Waals surface area (Å²) in [5, 5.41) is 2.68. The normalized spacial score (nSPS) is 16.4. The van der Waals surface area contributed by atoms with Crippen LogP contribution >= 0.6 is 0 Å². The van der Waals surface area contributed by atoms with Crippen molar-refractivity contribution >= 4 is 23.8 Å². The first-order valence-corrected chi connectivity index (χ1v) is 6.39. The standard InChI is InChI=1S/C14H15N3O4/c1-9(10-6-4-3-5-7-10)15-11(18)8-17-13(20)12(19)16(2)14(17)21/h3-7,9H,8H2,1-2H3,(H,15,18)/t9-/m1/s1. The molecule has 1 aromatic carbocycles. The number of rotatable bonds is 4. The van der Waals surface area contributed by atoms with E-state index in [4.69, 9.17) is 0 Å². The van der Waals surface area contributed by atoms with Crippen molar-refractivity contribution < 1.29 is 19.2 Å². The van der Waals surface area contributed by atoms with Crippen molar-refractivity contribution in [2.24, 2.45) is 0 Å². The summed E-state index contributed by atoms with van der Waals surface area (Å²) in [5.41, 5.74) is 0.901. The molecular formula is C14H15N3O4. The van der Waals surface area contributed by atoms with Gasteiger partial charge in [-0.05, 0) is 12.5 Å². The fourth-order valence-corrected chi connectivity index (χ4v) is 2.01. The summed E-state index contributed by atoms with van der Waals surface area (Å²) < 4.78 is 0. The van der Waals surface area contributed by atoms with E-state index in [1.807, 2.05) is 30.3 Å². The summed E-state index contributed by atoms with van der Waals surface area (Å²) in [6, 6.07) is 8.22. The van der Waals surface area contributed by atoms with Crippen LogP contribution in [-0.4, -0.2) is 47.1 Å². The van der Waals surface area contributed by atoms with Crippen molar-refractivity contribution in [2.45, 2.75) is 13.0 Å². The molecule has 1 fully saturated rings. The van der Waals surface area contributed by atoms with E-state index in [-0.39, 0.29) is 6.04 Å². The van der Waals surface area contributed by atoms with Crippen molar-refractivity contribution in [3.63, 3.8) is 0 Å². The average Bonchev–Trinajstić information content (AvgIpc) is 2.66. The predicted octanol–water partition coefficient (Wildman–Crippen LogP) is 0.284. The second-order valence-corrected chi connectivity index (χ2v) is 4.74. The molecule has 0 unspecified atom stereocenters. The minimum Gasteiger partial charge on any atom is -0.348 e. The molecule has 2 rings (SSSR count). The smallest absolute Gasteiger partial charge is 0.334 e. The fourth-order valence-electron chi connectivity index (χ4n) is 2.01.